The average Bonchev–Trinajstić information content (AvgIpc) is 2.68. The minimum atomic E-state index is -1.12. The van der Waals surface area contributed by atoms with Gasteiger partial charge in [0.05, 0.1) is 11.6 Å². The summed E-state index contributed by atoms with van der Waals surface area (Å²) in [5.41, 5.74) is 3.95. The van der Waals surface area contributed by atoms with Gasteiger partial charge in [0.25, 0.3) is 5.56 Å². The number of hydrogen-bond donors (Lipinski definition) is 0. The molecule has 2 aromatic heterocycles. The summed E-state index contributed by atoms with van der Waals surface area (Å²) in [6, 6.07) is 11.3. The number of fused-ring (bicyclic) bond motifs is 6. The molecule has 136 valence electrons. The van der Waals surface area contributed by atoms with Gasteiger partial charge >= 0.3 is 0 Å². The number of carboxylic acid groups (broad SMARTS) is 1. The molecule has 6 nitrogen and oxygen atoms in total. The SMILES string of the molecule is Cc1cccn2c(=O)c3c(nc12)N1CCc2ccccc2[C@H]1[C@H](C(=O)[O-])C3. The van der Waals surface area contributed by atoms with Crippen LogP contribution in [0, 0.1) is 12.8 Å². The van der Waals surface area contributed by atoms with Gasteiger partial charge in [0.1, 0.15) is 11.5 Å². The third kappa shape index (κ3) is 2.22. The van der Waals surface area contributed by atoms with Crippen LogP contribution in [0.3, 0.4) is 0 Å². The number of carbonyl (C=O) groups excluding carboxylic acids is 1. The molecule has 1 aromatic carbocycles. The predicted octanol–water partition coefficient (Wildman–Crippen LogP) is 1.03. The lowest BCUT2D eigenvalue weighted by Crippen LogP contribution is -2.51. The van der Waals surface area contributed by atoms with Crippen LogP contribution < -0.4 is 15.6 Å². The number of rotatable bonds is 1. The van der Waals surface area contributed by atoms with E-state index < -0.39 is 11.9 Å². The van der Waals surface area contributed by atoms with Crippen molar-refractivity contribution in [2.75, 3.05) is 11.4 Å². The van der Waals surface area contributed by atoms with Gasteiger partial charge in [0.2, 0.25) is 0 Å². The zero-order valence-corrected chi connectivity index (χ0v) is 14.9. The molecule has 3 aromatic rings. The Balaban J connectivity index is 1.80. The van der Waals surface area contributed by atoms with Gasteiger partial charge in [-0.2, -0.15) is 0 Å². The van der Waals surface area contributed by atoms with E-state index in [0.29, 0.717) is 23.6 Å². The third-order valence-electron chi connectivity index (χ3n) is 5.83. The van der Waals surface area contributed by atoms with Crippen LogP contribution in [0.15, 0.2) is 47.4 Å². The molecular formula is C21H18N3O3-. The topological polar surface area (TPSA) is 77.7 Å². The molecular weight excluding hydrogens is 342 g/mol. The van der Waals surface area contributed by atoms with Gasteiger partial charge < -0.3 is 14.8 Å². The van der Waals surface area contributed by atoms with Gasteiger partial charge in [-0.3, -0.25) is 9.20 Å². The summed E-state index contributed by atoms with van der Waals surface area (Å²) in [5, 5.41) is 12.0. The minimum Gasteiger partial charge on any atom is -0.550 e. The van der Waals surface area contributed by atoms with Crippen LogP contribution in [0.1, 0.15) is 28.3 Å². The third-order valence-corrected chi connectivity index (χ3v) is 5.83. The van der Waals surface area contributed by atoms with Crippen molar-refractivity contribution in [3.05, 3.63) is 75.2 Å². The fourth-order valence-electron chi connectivity index (χ4n) is 4.55. The van der Waals surface area contributed by atoms with E-state index in [2.05, 4.69) is 0 Å². The molecule has 5 rings (SSSR count). The molecule has 0 fully saturated rings. The van der Waals surface area contributed by atoms with Crippen LogP contribution in [0.4, 0.5) is 5.82 Å². The second-order valence-electron chi connectivity index (χ2n) is 7.32. The second kappa shape index (κ2) is 5.67. The van der Waals surface area contributed by atoms with Gasteiger partial charge in [-0.25, -0.2) is 4.98 Å². The molecule has 0 radical (unpaired) electrons. The largest absolute Gasteiger partial charge is 0.550 e. The number of nitrogens with zero attached hydrogens (tertiary/aromatic N) is 3. The zero-order chi connectivity index (χ0) is 18.7. The number of anilines is 1. The number of carboxylic acids is 1. The molecule has 4 heterocycles. The van der Waals surface area contributed by atoms with Crippen molar-refractivity contribution >= 4 is 17.4 Å². The number of aromatic nitrogens is 2. The lowest BCUT2D eigenvalue weighted by Gasteiger charge is -2.46. The standard InChI is InChI=1S/C21H19N3O3/c1-12-5-4-9-24-18(12)22-19-16(20(24)25)11-15(21(26)27)17-14-7-3-2-6-13(14)8-10-23(17)19/h2-7,9,15,17H,8,10-11H2,1H3,(H,26,27)/p-1/t15-,17+/m1/s1. The Hall–Kier alpha value is -3.15. The molecule has 2 atom stereocenters. The number of hydrogen-bond acceptors (Lipinski definition) is 5. The quantitative estimate of drug-likeness (QED) is 0.648. The first-order valence-corrected chi connectivity index (χ1v) is 9.12. The molecule has 2 aliphatic heterocycles. The highest BCUT2D eigenvalue weighted by Crippen LogP contribution is 2.43. The van der Waals surface area contributed by atoms with Gasteiger partial charge in [-0.15, -0.1) is 0 Å². The van der Waals surface area contributed by atoms with Crippen LogP contribution in [0.5, 0.6) is 0 Å². The number of carbonyl (C=O) groups is 1. The van der Waals surface area contributed by atoms with Crippen molar-refractivity contribution in [3.8, 4) is 0 Å². The molecule has 0 saturated heterocycles. The highest BCUT2D eigenvalue weighted by molar-refractivity contribution is 5.74. The molecule has 0 bridgehead atoms. The van der Waals surface area contributed by atoms with Crippen LogP contribution in [0.25, 0.3) is 5.65 Å². The zero-order valence-electron chi connectivity index (χ0n) is 14.9. The fraction of sp³-hybridized carbons (Fsp3) is 0.286. The summed E-state index contributed by atoms with van der Waals surface area (Å²) >= 11 is 0. The molecule has 0 saturated carbocycles. The van der Waals surface area contributed by atoms with Crippen LogP contribution >= 0.6 is 0 Å². The van der Waals surface area contributed by atoms with E-state index >= 15 is 0 Å². The molecule has 0 spiro atoms. The van der Waals surface area contributed by atoms with Crippen molar-refractivity contribution in [1.82, 2.24) is 9.38 Å². The summed E-state index contributed by atoms with van der Waals surface area (Å²) in [6.45, 7) is 2.55. The van der Waals surface area contributed by atoms with E-state index in [1.54, 1.807) is 12.3 Å². The van der Waals surface area contributed by atoms with E-state index in [9.17, 15) is 14.7 Å². The molecule has 6 heteroatoms. The van der Waals surface area contributed by atoms with E-state index in [1.807, 2.05) is 42.2 Å². The molecule has 0 aliphatic carbocycles. The van der Waals surface area contributed by atoms with Crippen LogP contribution in [-0.2, 0) is 17.6 Å². The maximum Gasteiger partial charge on any atom is 0.263 e. The number of aryl methyl sites for hydroxylation is 1. The van der Waals surface area contributed by atoms with Crippen molar-refractivity contribution in [1.29, 1.82) is 0 Å². The Kier molecular flexibility index (Phi) is 3.37. The molecule has 0 amide bonds. The Morgan fingerprint density at radius 2 is 2.04 bits per heavy atom. The first kappa shape index (κ1) is 16.1. The molecule has 2 aliphatic rings. The maximum atomic E-state index is 13.1. The summed E-state index contributed by atoms with van der Waals surface area (Å²) in [7, 11) is 0. The highest BCUT2D eigenvalue weighted by Gasteiger charge is 2.41. The van der Waals surface area contributed by atoms with Gasteiger partial charge in [-0.1, -0.05) is 30.3 Å². The highest BCUT2D eigenvalue weighted by atomic mass is 16.4. The monoisotopic (exact) mass is 360 g/mol. The smallest absolute Gasteiger partial charge is 0.263 e. The Morgan fingerprint density at radius 1 is 1.22 bits per heavy atom. The van der Waals surface area contributed by atoms with Crippen LogP contribution in [0.2, 0.25) is 0 Å². The van der Waals surface area contributed by atoms with Crippen molar-refractivity contribution in [2.45, 2.75) is 25.8 Å². The van der Waals surface area contributed by atoms with Crippen molar-refractivity contribution in [3.63, 3.8) is 0 Å². The van der Waals surface area contributed by atoms with Gasteiger partial charge in [-0.05, 0) is 42.5 Å². The summed E-state index contributed by atoms with van der Waals surface area (Å²) < 4.78 is 1.51. The second-order valence-corrected chi connectivity index (χ2v) is 7.32. The summed E-state index contributed by atoms with van der Waals surface area (Å²) in [4.78, 5) is 31.9. The molecule has 0 N–H and O–H groups in total. The maximum absolute atomic E-state index is 13.1. The lowest BCUT2D eigenvalue weighted by molar-refractivity contribution is -0.312. The minimum absolute atomic E-state index is 0.135. The summed E-state index contributed by atoms with van der Waals surface area (Å²) in [5.74, 6) is -1.29. The van der Waals surface area contributed by atoms with Crippen molar-refractivity contribution in [2.24, 2.45) is 5.92 Å². The number of pyridine rings is 1. The number of benzene rings is 1. The first-order valence-electron chi connectivity index (χ1n) is 9.12. The Morgan fingerprint density at radius 3 is 2.85 bits per heavy atom. The lowest BCUT2D eigenvalue weighted by atomic mass is 9.79. The predicted molar refractivity (Wildman–Crippen MR) is 98.6 cm³/mol. The number of aliphatic carboxylic acids is 1. The molecule has 27 heavy (non-hydrogen) atoms. The van der Waals surface area contributed by atoms with Gasteiger partial charge in [0.15, 0.2) is 0 Å². The van der Waals surface area contributed by atoms with Gasteiger partial charge in [0, 0.05) is 24.6 Å². The van der Waals surface area contributed by atoms with Crippen molar-refractivity contribution < 1.29 is 9.90 Å². The Labute approximate surface area is 155 Å². The van der Waals surface area contributed by atoms with E-state index in [-0.39, 0.29) is 18.0 Å². The van der Waals surface area contributed by atoms with Crippen LogP contribution in [-0.4, -0.2) is 21.9 Å². The van der Waals surface area contributed by atoms with E-state index in [0.717, 1.165) is 23.1 Å². The first-order chi connectivity index (χ1) is 13.1. The molecule has 0 unspecified atom stereocenters. The van der Waals surface area contributed by atoms with E-state index in [4.69, 9.17) is 4.98 Å². The Bertz CT molecular complexity index is 1150. The van der Waals surface area contributed by atoms with E-state index in [1.165, 1.54) is 4.40 Å². The average molecular weight is 360 g/mol. The summed E-state index contributed by atoms with van der Waals surface area (Å²) in [6.07, 6.45) is 2.61. The normalized spacial score (nSPS) is 20.7. The fourth-order valence-corrected chi connectivity index (χ4v) is 4.55.